The van der Waals surface area contributed by atoms with Crippen molar-refractivity contribution in [3.63, 3.8) is 0 Å². The molecule has 0 atom stereocenters. The molecule has 108 valence electrons. The Morgan fingerprint density at radius 1 is 1.18 bits per heavy atom. The van der Waals surface area contributed by atoms with E-state index < -0.39 is 0 Å². The van der Waals surface area contributed by atoms with Gasteiger partial charge in [-0.1, -0.05) is 0 Å². The van der Waals surface area contributed by atoms with Gasteiger partial charge in [0, 0.05) is 28.4 Å². The Morgan fingerprint density at radius 3 is 2.91 bits per heavy atom. The number of benzene rings is 2. The zero-order valence-corrected chi connectivity index (χ0v) is 12.0. The SMILES string of the molecule is Cc1nc2cc(N)ccc2n1C(=O)c1ccc2[nH]ccc2c1. The van der Waals surface area contributed by atoms with E-state index in [1.165, 1.54) is 0 Å². The van der Waals surface area contributed by atoms with Gasteiger partial charge in [-0.05, 0) is 49.4 Å². The van der Waals surface area contributed by atoms with Crippen LogP contribution in [0.2, 0.25) is 0 Å². The molecule has 0 aliphatic carbocycles. The summed E-state index contributed by atoms with van der Waals surface area (Å²) in [7, 11) is 0. The van der Waals surface area contributed by atoms with Crippen molar-refractivity contribution in [3.05, 3.63) is 60.0 Å². The monoisotopic (exact) mass is 290 g/mol. The van der Waals surface area contributed by atoms with Crippen molar-refractivity contribution in [2.45, 2.75) is 6.92 Å². The van der Waals surface area contributed by atoms with Crippen LogP contribution >= 0.6 is 0 Å². The Balaban J connectivity index is 1.90. The van der Waals surface area contributed by atoms with Gasteiger partial charge >= 0.3 is 0 Å². The number of nitrogens with two attached hydrogens (primary N) is 1. The lowest BCUT2D eigenvalue weighted by Gasteiger charge is -2.06. The van der Waals surface area contributed by atoms with Gasteiger partial charge in [0.2, 0.25) is 0 Å². The number of hydrogen-bond acceptors (Lipinski definition) is 3. The second-order valence-electron chi connectivity index (χ2n) is 5.33. The molecule has 0 bridgehead atoms. The van der Waals surface area contributed by atoms with Crippen LogP contribution in [0.25, 0.3) is 21.9 Å². The van der Waals surface area contributed by atoms with Crippen molar-refractivity contribution < 1.29 is 4.79 Å². The third-order valence-corrected chi connectivity index (χ3v) is 3.85. The largest absolute Gasteiger partial charge is 0.399 e. The van der Waals surface area contributed by atoms with Gasteiger partial charge < -0.3 is 10.7 Å². The molecule has 4 rings (SSSR count). The summed E-state index contributed by atoms with van der Waals surface area (Å²) in [6.45, 7) is 1.82. The number of nitrogens with zero attached hydrogens (tertiary/aromatic N) is 2. The quantitative estimate of drug-likeness (QED) is 0.529. The lowest BCUT2D eigenvalue weighted by atomic mass is 10.1. The van der Waals surface area contributed by atoms with E-state index in [9.17, 15) is 4.79 Å². The maximum Gasteiger partial charge on any atom is 0.263 e. The Morgan fingerprint density at radius 2 is 2.05 bits per heavy atom. The zero-order chi connectivity index (χ0) is 15.3. The molecule has 0 radical (unpaired) electrons. The minimum Gasteiger partial charge on any atom is -0.399 e. The number of nitrogen functional groups attached to an aromatic ring is 1. The van der Waals surface area contributed by atoms with Gasteiger partial charge in [0.15, 0.2) is 0 Å². The molecule has 0 amide bonds. The number of fused-ring (bicyclic) bond motifs is 2. The molecule has 2 aromatic heterocycles. The fourth-order valence-corrected chi connectivity index (χ4v) is 2.79. The van der Waals surface area contributed by atoms with E-state index in [0.29, 0.717) is 17.1 Å². The minimum atomic E-state index is -0.0899. The highest BCUT2D eigenvalue weighted by Crippen LogP contribution is 2.21. The fourth-order valence-electron chi connectivity index (χ4n) is 2.79. The standard InChI is InChI=1S/C17H14N4O/c1-10-20-15-9-13(18)3-5-16(15)21(10)17(22)12-2-4-14-11(8-12)6-7-19-14/h2-9,19H,18H2,1H3. The summed E-state index contributed by atoms with van der Waals surface area (Å²) in [6, 6.07) is 13.0. The lowest BCUT2D eigenvalue weighted by molar-refractivity contribution is 0.0962. The van der Waals surface area contributed by atoms with E-state index in [1.807, 2.05) is 43.5 Å². The van der Waals surface area contributed by atoms with Crippen LogP contribution in [0.4, 0.5) is 5.69 Å². The number of carbonyl (C=O) groups is 1. The smallest absolute Gasteiger partial charge is 0.263 e. The molecule has 0 spiro atoms. The topological polar surface area (TPSA) is 76.7 Å². The summed E-state index contributed by atoms with van der Waals surface area (Å²) in [5.41, 5.74) is 9.56. The minimum absolute atomic E-state index is 0.0899. The van der Waals surface area contributed by atoms with Crippen LogP contribution in [0.3, 0.4) is 0 Å². The van der Waals surface area contributed by atoms with Crippen LogP contribution in [0.5, 0.6) is 0 Å². The van der Waals surface area contributed by atoms with Crippen LogP contribution in [0.15, 0.2) is 48.7 Å². The molecular weight excluding hydrogens is 276 g/mol. The third kappa shape index (κ3) is 1.79. The first-order valence-corrected chi connectivity index (χ1v) is 7.00. The number of imidazole rings is 1. The lowest BCUT2D eigenvalue weighted by Crippen LogP contribution is -2.13. The zero-order valence-electron chi connectivity index (χ0n) is 12.0. The average molecular weight is 290 g/mol. The van der Waals surface area contributed by atoms with Gasteiger partial charge in [-0.25, -0.2) is 4.98 Å². The molecular formula is C17H14N4O. The van der Waals surface area contributed by atoms with Crippen LogP contribution in [-0.2, 0) is 0 Å². The second kappa shape index (κ2) is 4.46. The molecule has 22 heavy (non-hydrogen) atoms. The number of anilines is 1. The molecule has 5 heteroatoms. The Bertz CT molecular complexity index is 1030. The number of aromatic nitrogens is 3. The van der Waals surface area contributed by atoms with E-state index in [1.54, 1.807) is 16.7 Å². The number of hydrogen-bond donors (Lipinski definition) is 2. The third-order valence-electron chi connectivity index (χ3n) is 3.85. The molecule has 2 heterocycles. The first-order valence-electron chi connectivity index (χ1n) is 7.00. The summed E-state index contributed by atoms with van der Waals surface area (Å²) in [4.78, 5) is 20.4. The molecule has 3 N–H and O–H groups in total. The average Bonchev–Trinajstić information content (AvgIpc) is 3.08. The molecule has 2 aromatic carbocycles. The van der Waals surface area contributed by atoms with E-state index in [2.05, 4.69) is 9.97 Å². The van der Waals surface area contributed by atoms with Crippen LogP contribution in [0.1, 0.15) is 16.2 Å². The van der Waals surface area contributed by atoms with E-state index >= 15 is 0 Å². The molecule has 0 aliphatic rings. The van der Waals surface area contributed by atoms with Crippen molar-refractivity contribution in [3.8, 4) is 0 Å². The van der Waals surface area contributed by atoms with Crippen molar-refractivity contribution in [2.24, 2.45) is 0 Å². The van der Waals surface area contributed by atoms with Gasteiger partial charge in [0.25, 0.3) is 5.91 Å². The highest BCUT2D eigenvalue weighted by Gasteiger charge is 2.16. The van der Waals surface area contributed by atoms with E-state index in [4.69, 9.17) is 5.73 Å². The highest BCUT2D eigenvalue weighted by molar-refractivity contribution is 6.04. The Labute approximate surface area is 126 Å². The highest BCUT2D eigenvalue weighted by atomic mass is 16.2. The van der Waals surface area contributed by atoms with E-state index in [0.717, 1.165) is 21.9 Å². The van der Waals surface area contributed by atoms with Gasteiger partial charge in [-0.2, -0.15) is 0 Å². The summed E-state index contributed by atoms with van der Waals surface area (Å²) in [6.07, 6.45) is 1.86. The number of aryl methyl sites for hydroxylation is 1. The molecule has 0 fully saturated rings. The van der Waals surface area contributed by atoms with Crippen molar-refractivity contribution in [1.29, 1.82) is 0 Å². The van der Waals surface area contributed by atoms with Gasteiger partial charge in [0.05, 0.1) is 11.0 Å². The molecule has 4 aromatic rings. The maximum atomic E-state index is 12.9. The molecule has 0 saturated carbocycles. The first-order chi connectivity index (χ1) is 10.6. The number of nitrogens with one attached hydrogen (secondary N) is 1. The normalized spacial score (nSPS) is 11.3. The molecule has 0 unspecified atom stereocenters. The van der Waals surface area contributed by atoms with Crippen LogP contribution in [0, 0.1) is 6.92 Å². The van der Waals surface area contributed by atoms with Crippen LogP contribution < -0.4 is 5.73 Å². The first kappa shape index (κ1) is 12.6. The van der Waals surface area contributed by atoms with Crippen LogP contribution in [-0.4, -0.2) is 20.4 Å². The number of H-pyrrole nitrogens is 1. The number of aromatic amines is 1. The summed E-state index contributed by atoms with van der Waals surface area (Å²) in [5.74, 6) is 0.563. The van der Waals surface area contributed by atoms with Crippen molar-refractivity contribution >= 4 is 33.5 Å². The summed E-state index contributed by atoms with van der Waals surface area (Å²) >= 11 is 0. The van der Waals surface area contributed by atoms with Crippen molar-refractivity contribution in [1.82, 2.24) is 14.5 Å². The van der Waals surface area contributed by atoms with Crippen molar-refractivity contribution in [2.75, 3.05) is 5.73 Å². The Kier molecular flexibility index (Phi) is 2.56. The van der Waals surface area contributed by atoms with Gasteiger partial charge in [-0.3, -0.25) is 9.36 Å². The Hall–Kier alpha value is -3.08. The number of carbonyl (C=O) groups excluding carboxylic acids is 1. The fraction of sp³-hybridized carbons (Fsp3) is 0.0588. The predicted octanol–water partition coefficient (Wildman–Crippen LogP) is 3.10. The molecule has 5 nitrogen and oxygen atoms in total. The number of rotatable bonds is 1. The van der Waals surface area contributed by atoms with Gasteiger partial charge in [0.1, 0.15) is 5.82 Å². The molecule has 0 aliphatic heterocycles. The predicted molar refractivity (Wildman–Crippen MR) is 86.9 cm³/mol. The summed E-state index contributed by atoms with van der Waals surface area (Å²) < 4.78 is 1.63. The second-order valence-corrected chi connectivity index (χ2v) is 5.33. The summed E-state index contributed by atoms with van der Waals surface area (Å²) in [5, 5.41) is 1.01. The molecule has 0 saturated heterocycles. The maximum absolute atomic E-state index is 12.9. The van der Waals surface area contributed by atoms with E-state index in [-0.39, 0.29) is 5.91 Å². The van der Waals surface area contributed by atoms with Gasteiger partial charge in [-0.15, -0.1) is 0 Å².